The first-order chi connectivity index (χ1) is 10.7. The molecule has 0 aromatic carbocycles. The van der Waals surface area contributed by atoms with Crippen LogP contribution in [0, 0.1) is 0 Å². The second-order valence-corrected chi connectivity index (χ2v) is 4.97. The van der Waals surface area contributed by atoms with Crippen molar-refractivity contribution < 1.29 is 42.9 Å². The van der Waals surface area contributed by atoms with Gasteiger partial charge in [-0.2, -0.15) is 0 Å². The molecule has 1 aliphatic rings. The predicted molar refractivity (Wildman–Crippen MR) is 72.8 cm³/mol. The molecule has 1 rings (SSSR count). The van der Waals surface area contributed by atoms with Crippen LogP contribution in [0.15, 0.2) is 0 Å². The van der Waals surface area contributed by atoms with Crippen LogP contribution in [0.3, 0.4) is 0 Å². The van der Waals surface area contributed by atoms with Gasteiger partial charge in [-0.15, -0.1) is 0 Å². The van der Waals surface area contributed by atoms with E-state index in [1.54, 1.807) is 0 Å². The second kappa shape index (κ2) is 8.47. The molecule has 0 spiro atoms. The summed E-state index contributed by atoms with van der Waals surface area (Å²) in [5, 5.41) is 0. The molecule has 9 heteroatoms. The first kappa shape index (κ1) is 18.9. The number of carbonyl (C=O) groups excluding carboxylic acids is 4. The third kappa shape index (κ3) is 6.64. The summed E-state index contributed by atoms with van der Waals surface area (Å²) in [5.74, 6) is -2.36. The van der Waals surface area contributed by atoms with Gasteiger partial charge in [-0.25, -0.2) is 0 Å². The maximum Gasteiger partial charge on any atom is 0.304 e. The van der Waals surface area contributed by atoms with Crippen molar-refractivity contribution in [2.75, 3.05) is 6.61 Å². The highest BCUT2D eigenvalue weighted by Crippen LogP contribution is 2.27. The summed E-state index contributed by atoms with van der Waals surface area (Å²) in [6, 6.07) is 0. The summed E-state index contributed by atoms with van der Waals surface area (Å²) < 4.78 is 25.6. The zero-order chi connectivity index (χ0) is 17.6. The molecule has 23 heavy (non-hydrogen) atoms. The van der Waals surface area contributed by atoms with Crippen molar-refractivity contribution in [2.24, 2.45) is 0 Å². The Bertz CT molecular complexity index is 473. The Morgan fingerprint density at radius 1 is 0.870 bits per heavy atom. The quantitative estimate of drug-likeness (QED) is 0.510. The molecule has 0 aromatic heterocycles. The fraction of sp³-hybridized carbons (Fsp3) is 0.714. The Morgan fingerprint density at radius 3 is 1.91 bits per heavy atom. The number of hydrogen-bond acceptors (Lipinski definition) is 9. The summed E-state index contributed by atoms with van der Waals surface area (Å²) in [4.78, 5) is 44.6. The molecule has 1 unspecified atom stereocenters. The van der Waals surface area contributed by atoms with Crippen LogP contribution in [0.1, 0.15) is 34.1 Å². The van der Waals surface area contributed by atoms with Crippen LogP contribution in [0.2, 0.25) is 0 Å². The minimum atomic E-state index is -1.01. The molecule has 0 N–H and O–H groups in total. The van der Waals surface area contributed by atoms with Crippen molar-refractivity contribution in [1.82, 2.24) is 0 Å². The largest absolute Gasteiger partial charge is 0.463 e. The third-order valence-electron chi connectivity index (χ3n) is 2.85. The molecular formula is C14H20O9. The Balaban J connectivity index is 2.94. The molecule has 0 amide bonds. The lowest BCUT2D eigenvalue weighted by Gasteiger charge is -2.39. The predicted octanol–water partition coefficient (Wildman–Crippen LogP) is 0.0910. The Morgan fingerprint density at radius 2 is 1.43 bits per heavy atom. The number of rotatable bonds is 5. The summed E-state index contributed by atoms with van der Waals surface area (Å²) >= 11 is 0. The van der Waals surface area contributed by atoms with Gasteiger partial charge in [-0.1, -0.05) is 0 Å². The highest BCUT2D eigenvalue weighted by Gasteiger charge is 2.44. The van der Waals surface area contributed by atoms with E-state index in [-0.39, 0.29) is 13.0 Å². The van der Waals surface area contributed by atoms with Crippen molar-refractivity contribution in [3.63, 3.8) is 0 Å². The fourth-order valence-electron chi connectivity index (χ4n) is 2.16. The van der Waals surface area contributed by atoms with Crippen LogP contribution < -0.4 is 0 Å². The normalized spacial score (nSPS) is 26.8. The minimum Gasteiger partial charge on any atom is -0.463 e. The molecule has 1 heterocycles. The van der Waals surface area contributed by atoms with Crippen molar-refractivity contribution in [2.45, 2.75) is 58.7 Å². The van der Waals surface area contributed by atoms with Crippen molar-refractivity contribution in [3.05, 3.63) is 0 Å². The number of esters is 4. The molecule has 0 aliphatic carbocycles. The van der Waals surface area contributed by atoms with E-state index in [2.05, 4.69) is 0 Å². The van der Waals surface area contributed by atoms with Crippen molar-refractivity contribution >= 4 is 23.9 Å². The lowest BCUT2D eigenvalue weighted by molar-refractivity contribution is -0.260. The molecule has 0 aromatic rings. The average molecular weight is 332 g/mol. The number of hydrogen-bond donors (Lipinski definition) is 0. The maximum absolute atomic E-state index is 11.3. The number of carbonyl (C=O) groups is 4. The molecule has 0 bridgehead atoms. The smallest absolute Gasteiger partial charge is 0.304 e. The SMILES string of the molecule is CC(=O)OCC1O[C@@H](OC(C)=O)C[C@@H](OC(C)=O)[C@H]1OC(C)=O. The van der Waals surface area contributed by atoms with Crippen LogP contribution in [0.5, 0.6) is 0 Å². The van der Waals surface area contributed by atoms with Gasteiger partial charge in [-0.05, 0) is 0 Å². The Kier molecular flexibility index (Phi) is 6.95. The lowest BCUT2D eigenvalue weighted by Crippen LogP contribution is -2.54. The van der Waals surface area contributed by atoms with Crippen LogP contribution in [-0.2, 0) is 42.9 Å². The lowest BCUT2D eigenvalue weighted by atomic mass is 10.0. The minimum absolute atomic E-state index is 0.00627. The summed E-state index contributed by atoms with van der Waals surface area (Å²) in [6.45, 7) is 4.54. The van der Waals surface area contributed by atoms with Crippen LogP contribution in [0.4, 0.5) is 0 Å². The summed E-state index contributed by atoms with van der Waals surface area (Å²) in [5.41, 5.74) is 0. The van der Waals surface area contributed by atoms with Gasteiger partial charge in [-0.3, -0.25) is 19.2 Å². The van der Waals surface area contributed by atoms with Gasteiger partial charge in [0, 0.05) is 27.7 Å². The maximum atomic E-state index is 11.3. The molecule has 4 atom stereocenters. The van der Waals surface area contributed by atoms with E-state index in [0.29, 0.717) is 0 Å². The van der Waals surface area contributed by atoms with E-state index in [9.17, 15) is 19.2 Å². The van der Waals surface area contributed by atoms with Gasteiger partial charge in [0.25, 0.3) is 0 Å². The first-order valence-corrected chi connectivity index (χ1v) is 6.99. The number of ether oxygens (including phenoxy) is 5. The molecule has 0 radical (unpaired) electrons. The zero-order valence-electron chi connectivity index (χ0n) is 13.4. The van der Waals surface area contributed by atoms with Crippen molar-refractivity contribution in [1.29, 1.82) is 0 Å². The van der Waals surface area contributed by atoms with Gasteiger partial charge in [0.05, 0.1) is 6.42 Å². The molecule has 9 nitrogen and oxygen atoms in total. The van der Waals surface area contributed by atoms with Crippen LogP contribution >= 0.6 is 0 Å². The van der Waals surface area contributed by atoms with E-state index < -0.39 is 48.5 Å². The van der Waals surface area contributed by atoms with Gasteiger partial charge < -0.3 is 23.7 Å². The monoisotopic (exact) mass is 332 g/mol. The Hall–Kier alpha value is -2.16. The molecular weight excluding hydrogens is 312 g/mol. The molecule has 1 saturated heterocycles. The molecule has 130 valence electrons. The molecule has 0 saturated carbocycles. The highest BCUT2D eigenvalue weighted by atomic mass is 16.7. The van der Waals surface area contributed by atoms with Gasteiger partial charge in [0.15, 0.2) is 6.10 Å². The van der Waals surface area contributed by atoms with E-state index >= 15 is 0 Å². The summed E-state index contributed by atoms with van der Waals surface area (Å²) in [7, 11) is 0. The van der Waals surface area contributed by atoms with E-state index in [1.807, 2.05) is 0 Å². The fourth-order valence-corrected chi connectivity index (χ4v) is 2.16. The molecule has 1 fully saturated rings. The standard InChI is InChI=1S/C14H20O9/c1-7(15)19-6-12-14(22-10(4)18)11(20-8(2)16)5-13(23-12)21-9(3)17/h11-14H,5-6H2,1-4H3/t11-,12?,13-,14-/m1/s1. The van der Waals surface area contributed by atoms with Crippen LogP contribution in [0.25, 0.3) is 0 Å². The average Bonchev–Trinajstić information content (AvgIpc) is 2.37. The van der Waals surface area contributed by atoms with E-state index in [1.165, 1.54) is 27.7 Å². The van der Waals surface area contributed by atoms with Crippen LogP contribution in [-0.4, -0.2) is 55.1 Å². The molecule has 1 aliphatic heterocycles. The summed E-state index contributed by atoms with van der Waals surface area (Å²) in [6.07, 6.45) is -3.83. The first-order valence-electron chi connectivity index (χ1n) is 6.99. The Labute approximate surface area is 133 Å². The second-order valence-electron chi connectivity index (χ2n) is 4.97. The zero-order valence-corrected chi connectivity index (χ0v) is 13.4. The highest BCUT2D eigenvalue weighted by molar-refractivity contribution is 5.68. The third-order valence-corrected chi connectivity index (χ3v) is 2.85. The van der Waals surface area contributed by atoms with E-state index in [4.69, 9.17) is 23.7 Å². The van der Waals surface area contributed by atoms with Gasteiger partial charge >= 0.3 is 23.9 Å². The van der Waals surface area contributed by atoms with Gasteiger partial charge in [0.1, 0.15) is 18.8 Å². The topological polar surface area (TPSA) is 114 Å². The van der Waals surface area contributed by atoms with E-state index in [0.717, 1.165) is 0 Å². The van der Waals surface area contributed by atoms with Gasteiger partial charge in [0.2, 0.25) is 6.29 Å². The van der Waals surface area contributed by atoms with Crippen molar-refractivity contribution in [3.8, 4) is 0 Å².